The van der Waals surface area contributed by atoms with Crippen molar-refractivity contribution in [2.45, 2.75) is 6.92 Å². The van der Waals surface area contributed by atoms with E-state index in [1.807, 2.05) is 31.2 Å². The molecule has 0 amide bonds. The molecule has 0 saturated carbocycles. The van der Waals surface area contributed by atoms with Crippen LogP contribution in [-0.2, 0) is 0 Å². The number of hydrogen-bond donors (Lipinski definition) is 2. The van der Waals surface area contributed by atoms with Gasteiger partial charge in [0.05, 0.1) is 0 Å². The highest BCUT2D eigenvalue weighted by Gasteiger charge is 2.01. The molecule has 76 valence electrons. The Morgan fingerprint density at radius 3 is 2.07 bits per heavy atom. The van der Waals surface area contributed by atoms with Gasteiger partial charge in [0.2, 0.25) is 0 Å². The van der Waals surface area contributed by atoms with Crippen LogP contribution in [0.1, 0.15) is 5.56 Å². The minimum Gasteiger partial charge on any atom is -0.508 e. The van der Waals surface area contributed by atoms with Crippen molar-refractivity contribution in [2.75, 3.05) is 0 Å². The molecule has 2 aromatic rings. The molecule has 15 heavy (non-hydrogen) atoms. The van der Waals surface area contributed by atoms with Crippen molar-refractivity contribution in [3.05, 3.63) is 48.0 Å². The Hall–Kier alpha value is -1.96. The predicted molar refractivity (Wildman–Crippen MR) is 59.9 cm³/mol. The number of rotatable bonds is 1. The van der Waals surface area contributed by atoms with E-state index in [9.17, 15) is 10.2 Å². The molecular weight excluding hydrogens is 188 g/mol. The van der Waals surface area contributed by atoms with Gasteiger partial charge >= 0.3 is 0 Å². The summed E-state index contributed by atoms with van der Waals surface area (Å²) in [4.78, 5) is 0. The van der Waals surface area contributed by atoms with Gasteiger partial charge in [0.15, 0.2) is 0 Å². The molecule has 0 aliphatic carbocycles. The Morgan fingerprint density at radius 2 is 1.47 bits per heavy atom. The third-order valence-corrected chi connectivity index (χ3v) is 2.25. The molecule has 0 fully saturated rings. The maximum atomic E-state index is 9.36. The van der Waals surface area contributed by atoms with Crippen LogP contribution in [0, 0.1) is 6.92 Å². The van der Waals surface area contributed by atoms with Crippen molar-refractivity contribution in [3.63, 3.8) is 0 Å². The highest BCUT2D eigenvalue weighted by atomic mass is 16.3. The van der Waals surface area contributed by atoms with Gasteiger partial charge in [0.1, 0.15) is 11.5 Å². The fourth-order valence-corrected chi connectivity index (χ4v) is 1.59. The second-order valence-electron chi connectivity index (χ2n) is 3.61. The van der Waals surface area contributed by atoms with E-state index >= 15 is 0 Å². The lowest BCUT2D eigenvalue weighted by Crippen LogP contribution is -1.79. The second kappa shape index (κ2) is 3.65. The van der Waals surface area contributed by atoms with E-state index in [1.165, 1.54) is 6.07 Å². The zero-order valence-electron chi connectivity index (χ0n) is 8.44. The minimum atomic E-state index is 0.0755. The lowest BCUT2D eigenvalue weighted by atomic mass is 10.0. The van der Waals surface area contributed by atoms with Crippen molar-refractivity contribution in [2.24, 2.45) is 0 Å². The van der Waals surface area contributed by atoms with Crippen molar-refractivity contribution < 1.29 is 10.2 Å². The Kier molecular flexibility index (Phi) is 2.34. The topological polar surface area (TPSA) is 40.5 Å². The van der Waals surface area contributed by atoms with Crippen LogP contribution in [0.5, 0.6) is 11.5 Å². The summed E-state index contributed by atoms with van der Waals surface area (Å²) in [5.41, 5.74) is 2.95. The molecule has 0 bridgehead atoms. The first kappa shape index (κ1) is 9.59. The third kappa shape index (κ3) is 2.10. The number of aryl methyl sites for hydroxylation is 1. The number of aromatic hydroxyl groups is 2. The van der Waals surface area contributed by atoms with Crippen LogP contribution in [0.2, 0.25) is 0 Å². The van der Waals surface area contributed by atoms with Crippen LogP contribution >= 0.6 is 0 Å². The summed E-state index contributed by atoms with van der Waals surface area (Å²) in [5.74, 6) is 0.151. The molecule has 0 spiro atoms. The minimum absolute atomic E-state index is 0.0755. The third-order valence-electron chi connectivity index (χ3n) is 2.25. The quantitative estimate of drug-likeness (QED) is 0.742. The SMILES string of the molecule is Cc1cccc(-c2cc(O)cc(O)c2)c1. The molecule has 0 aliphatic heterocycles. The van der Waals surface area contributed by atoms with Crippen LogP contribution in [-0.4, -0.2) is 10.2 Å². The van der Waals surface area contributed by atoms with E-state index in [0.29, 0.717) is 0 Å². The van der Waals surface area contributed by atoms with E-state index in [0.717, 1.165) is 16.7 Å². The van der Waals surface area contributed by atoms with Gasteiger partial charge in [-0.1, -0.05) is 29.8 Å². The summed E-state index contributed by atoms with van der Waals surface area (Å²) in [5, 5.41) is 18.7. The van der Waals surface area contributed by atoms with E-state index < -0.39 is 0 Å². The largest absolute Gasteiger partial charge is 0.508 e. The standard InChI is InChI=1S/C13H12O2/c1-9-3-2-4-10(5-9)11-6-12(14)8-13(15)7-11/h2-8,14-15H,1H3. The molecule has 0 aromatic heterocycles. The Morgan fingerprint density at radius 1 is 0.800 bits per heavy atom. The Bertz CT molecular complexity index is 469. The second-order valence-corrected chi connectivity index (χ2v) is 3.61. The summed E-state index contributed by atoms with van der Waals surface area (Å²) in [7, 11) is 0. The Balaban J connectivity index is 2.54. The van der Waals surface area contributed by atoms with Crippen LogP contribution < -0.4 is 0 Å². The molecular formula is C13H12O2. The highest BCUT2D eigenvalue weighted by Crippen LogP contribution is 2.28. The van der Waals surface area contributed by atoms with Gasteiger partial charge in [0.25, 0.3) is 0 Å². The number of phenolic OH excluding ortho intramolecular Hbond substituents is 2. The van der Waals surface area contributed by atoms with Crippen molar-refractivity contribution >= 4 is 0 Å². The highest BCUT2D eigenvalue weighted by molar-refractivity contribution is 5.67. The zero-order chi connectivity index (χ0) is 10.8. The smallest absolute Gasteiger partial charge is 0.119 e. The normalized spacial score (nSPS) is 10.2. The molecule has 0 radical (unpaired) electrons. The molecule has 2 heteroatoms. The van der Waals surface area contributed by atoms with E-state index in [4.69, 9.17) is 0 Å². The predicted octanol–water partition coefficient (Wildman–Crippen LogP) is 3.07. The van der Waals surface area contributed by atoms with Gasteiger partial charge in [-0.3, -0.25) is 0 Å². The van der Waals surface area contributed by atoms with Crippen LogP contribution in [0.15, 0.2) is 42.5 Å². The summed E-state index contributed by atoms with van der Waals surface area (Å²) in [6, 6.07) is 12.5. The van der Waals surface area contributed by atoms with Gasteiger partial charge in [-0.2, -0.15) is 0 Å². The summed E-state index contributed by atoms with van der Waals surface area (Å²) in [6.07, 6.45) is 0. The van der Waals surface area contributed by atoms with Crippen LogP contribution in [0.3, 0.4) is 0 Å². The van der Waals surface area contributed by atoms with Gasteiger partial charge in [-0.05, 0) is 30.2 Å². The van der Waals surface area contributed by atoms with Crippen molar-refractivity contribution in [1.29, 1.82) is 0 Å². The fourth-order valence-electron chi connectivity index (χ4n) is 1.59. The Labute approximate surface area is 88.4 Å². The van der Waals surface area contributed by atoms with Crippen LogP contribution in [0.25, 0.3) is 11.1 Å². The molecule has 0 atom stereocenters. The average molecular weight is 200 g/mol. The molecule has 2 aromatic carbocycles. The monoisotopic (exact) mass is 200 g/mol. The van der Waals surface area contributed by atoms with E-state index in [-0.39, 0.29) is 11.5 Å². The molecule has 0 aliphatic rings. The van der Waals surface area contributed by atoms with Gasteiger partial charge in [-0.25, -0.2) is 0 Å². The van der Waals surface area contributed by atoms with Gasteiger partial charge in [-0.15, -0.1) is 0 Å². The van der Waals surface area contributed by atoms with Crippen LogP contribution in [0.4, 0.5) is 0 Å². The number of phenols is 2. The van der Waals surface area contributed by atoms with E-state index in [2.05, 4.69) is 0 Å². The average Bonchev–Trinajstić information content (AvgIpc) is 2.16. The first-order valence-electron chi connectivity index (χ1n) is 4.75. The lowest BCUT2D eigenvalue weighted by Gasteiger charge is -2.04. The summed E-state index contributed by atoms with van der Waals surface area (Å²) < 4.78 is 0. The fraction of sp³-hybridized carbons (Fsp3) is 0.0769. The molecule has 2 N–H and O–H groups in total. The van der Waals surface area contributed by atoms with Crippen molar-refractivity contribution in [1.82, 2.24) is 0 Å². The molecule has 0 unspecified atom stereocenters. The van der Waals surface area contributed by atoms with Gasteiger partial charge in [0, 0.05) is 6.07 Å². The first-order chi connectivity index (χ1) is 7.15. The zero-order valence-corrected chi connectivity index (χ0v) is 8.44. The summed E-state index contributed by atoms with van der Waals surface area (Å²) >= 11 is 0. The lowest BCUT2D eigenvalue weighted by molar-refractivity contribution is 0.451. The maximum absolute atomic E-state index is 9.36. The number of benzene rings is 2. The molecule has 0 saturated heterocycles. The maximum Gasteiger partial charge on any atom is 0.119 e. The molecule has 2 rings (SSSR count). The molecule has 2 nitrogen and oxygen atoms in total. The summed E-state index contributed by atoms with van der Waals surface area (Å²) in [6.45, 7) is 2.01. The first-order valence-corrected chi connectivity index (χ1v) is 4.75. The van der Waals surface area contributed by atoms with Gasteiger partial charge < -0.3 is 10.2 Å². The van der Waals surface area contributed by atoms with Crippen molar-refractivity contribution in [3.8, 4) is 22.6 Å². The van der Waals surface area contributed by atoms with E-state index in [1.54, 1.807) is 12.1 Å². The number of hydrogen-bond acceptors (Lipinski definition) is 2. The molecule has 0 heterocycles.